The van der Waals surface area contributed by atoms with Crippen molar-refractivity contribution in [1.82, 2.24) is 9.78 Å². The maximum Gasteiger partial charge on any atom is 0.333 e. The largest absolute Gasteiger partial charge is 0.380 e. The second-order valence-electron chi connectivity index (χ2n) is 4.25. The molecule has 0 aliphatic carbocycles. The molecule has 0 aliphatic rings. The molecule has 0 fully saturated rings. The molecule has 0 unspecified atom stereocenters. The van der Waals surface area contributed by atoms with E-state index < -0.39 is 4.92 Å². The van der Waals surface area contributed by atoms with Crippen LogP contribution >= 0.6 is 0 Å². The van der Waals surface area contributed by atoms with E-state index in [0.29, 0.717) is 31.2 Å². The summed E-state index contributed by atoms with van der Waals surface area (Å²) in [5.74, 6) is 0.462. The van der Waals surface area contributed by atoms with Crippen molar-refractivity contribution in [3.63, 3.8) is 0 Å². The van der Waals surface area contributed by atoms with Gasteiger partial charge in [0.1, 0.15) is 5.69 Å². The summed E-state index contributed by atoms with van der Waals surface area (Å²) >= 11 is 0. The lowest BCUT2D eigenvalue weighted by atomic mass is 10.4. The molecule has 1 rings (SSSR count). The number of aryl methyl sites for hydroxylation is 2. The van der Waals surface area contributed by atoms with Crippen LogP contribution in [0.3, 0.4) is 0 Å². The number of hydrogen-bond acceptors (Lipinski definition) is 5. The Morgan fingerprint density at radius 2 is 2.16 bits per heavy atom. The predicted molar refractivity (Wildman–Crippen MR) is 73.5 cm³/mol. The lowest BCUT2D eigenvalue weighted by Gasteiger charge is -2.08. The molecule has 0 amide bonds. The highest BCUT2D eigenvalue weighted by Gasteiger charge is 2.24. The maximum absolute atomic E-state index is 11.0. The third-order valence-electron chi connectivity index (χ3n) is 2.76. The monoisotopic (exact) mass is 270 g/mol. The summed E-state index contributed by atoms with van der Waals surface area (Å²) in [6.07, 6.45) is 2.13. The summed E-state index contributed by atoms with van der Waals surface area (Å²) in [7, 11) is 0. The number of nitrogens with one attached hydrogen (secondary N) is 1. The summed E-state index contributed by atoms with van der Waals surface area (Å²) in [6.45, 7) is 8.04. The fraction of sp³-hybridized carbons (Fsp3) is 0.750. The quantitative estimate of drug-likeness (QED) is 0.423. The molecule has 0 bridgehead atoms. The van der Waals surface area contributed by atoms with E-state index in [1.165, 1.54) is 0 Å². The van der Waals surface area contributed by atoms with E-state index in [1.807, 2.05) is 6.92 Å². The Morgan fingerprint density at radius 3 is 2.74 bits per heavy atom. The van der Waals surface area contributed by atoms with Crippen molar-refractivity contribution in [2.45, 2.75) is 40.2 Å². The zero-order valence-electron chi connectivity index (χ0n) is 11.8. The van der Waals surface area contributed by atoms with Crippen molar-refractivity contribution in [2.24, 2.45) is 0 Å². The molecule has 1 aromatic rings. The van der Waals surface area contributed by atoms with E-state index in [1.54, 1.807) is 11.6 Å². The van der Waals surface area contributed by atoms with Gasteiger partial charge in [-0.3, -0.25) is 10.1 Å². The molecular formula is C12H22N4O3. The number of hydrogen-bond donors (Lipinski definition) is 1. The van der Waals surface area contributed by atoms with E-state index in [4.69, 9.17) is 4.74 Å². The first kappa shape index (κ1) is 15.4. The van der Waals surface area contributed by atoms with Crippen molar-refractivity contribution in [3.05, 3.63) is 15.8 Å². The first-order valence-corrected chi connectivity index (χ1v) is 6.65. The minimum absolute atomic E-state index is 0.0513. The van der Waals surface area contributed by atoms with Gasteiger partial charge in [-0.2, -0.15) is 5.10 Å². The van der Waals surface area contributed by atoms with Crippen molar-refractivity contribution >= 4 is 11.5 Å². The fourth-order valence-corrected chi connectivity index (χ4v) is 1.78. The molecule has 0 saturated carbocycles. The molecule has 1 aromatic heterocycles. The van der Waals surface area contributed by atoms with Crippen LogP contribution in [0.15, 0.2) is 0 Å². The lowest BCUT2D eigenvalue weighted by molar-refractivity contribution is -0.384. The molecule has 1 heterocycles. The van der Waals surface area contributed by atoms with Crippen molar-refractivity contribution in [3.8, 4) is 0 Å². The van der Waals surface area contributed by atoms with Crippen LogP contribution in [0.1, 0.15) is 32.4 Å². The minimum atomic E-state index is -0.394. The van der Waals surface area contributed by atoms with Crippen molar-refractivity contribution in [1.29, 1.82) is 0 Å². The third-order valence-corrected chi connectivity index (χ3v) is 2.76. The Bertz CT molecular complexity index is 417. The van der Waals surface area contributed by atoms with E-state index in [9.17, 15) is 10.1 Å². The van der Waals surface area contributed by atoms with Gasteiger partial charge in [-0.05, 0) is 20.3 Å². The fourth-order valence-electron chi connectivity index (χ4n) is 1.78. The van der Waals surface area contributed by atoms with Gasteiger partial charge in [-0.25, -0.2) is 4.68 Å². The van der Waals surface area contributed by atoms with E-state index >= 15 is 0 Å². The van der Waals surface area contributed by atoms with Crippen LogP contribution in [0.2, 0.25) is 0 Å². The number of nitro groups is 1. The van der Waals surface area contributed by atoms with Gasteiger partial charge in [-0.1, -0.05) is 13.3 Å². The second kappa shape index (κ2) is 7.73. The van der Waals surface area contributed by atoms with Crippen molar-refractivity contribution in [2.75, 3.05) is 25.1 Å². The van der Waals surface area contributed by atoms with Crippen LogP contribution < -0.4 is 5.32 Å². The van der Waals surface area contributed by atoms with Crippen LogP contribution in [-0.4, -0.2) is 34.5 Å². The highest BCUT2D eigenvalue weighted by atomic mass is 16.6. The normalized spacial score (nSPS) is 10.7. The standard InChI is InChI=1S/C12H22N4O3/c1-4-6-8-19-9-7-13-12-11(16(17)18)10(3)14-15(12)5-2/h13H,4-9H2,1-3H3. The molecule has 0 saturated heterocycles. The summed E-state index contributed by atoms with van der Waals surface area (Å²) in [5, 5.41) is 18.2. The summed E-state index contributed by atoms with van der Waals surface area (Å²) in [5.41, 5.74) is 0.483. The Labute approximate surface area is 113 Å². The third kappa shape index (κ3) is 4.20. The summed E-state index contributed by atoms with van der Waals surface area (Å²) in [6, 6.07) is 0. The van der Waals surface area contributed by atoms with Gasteiger partial charge in [0.05, 0.1) is 11.5 Å². The average molecular weight is 270 g/mol. The van der Waals surface area contributed by atoms with E-state index in [-0.39, 0.29) is 5.69 Å². The molecule has 7 heteroatoms. The highest BCUT2D eigenvalue weighted by Crippen LogP contribution is 2.27. The molecule has 1 N–H and O–H groups in total. The van der Waals surface area contributed by atoms with Crippen LogP contribution in [0.5, 0.6) is 0 Å². The average Bonchev–Trinajstić information content (AvgIpc) is 2.69. The van der Waals surface area contributed by atoms with Gasteiger partial charge in [0.25, 0.3) is 0 Å². The van der Waals surface area contributed by atoms with Gasteiger partial charge in [0.2, 0.25) is 5.82 Å². The lowest BCUT2D eigenvalue weighted by Crippen LogP contribution is -2.14. The SMILES string of the molecule is CCCCOCCNc1c([N+](=O)[O-])c(C)nn1CC. The second-order valence-corrected chi connectivity index (χ2v) is 4.25. The number of nitrogens with zero attached hydrogens (tertiary/aromatic N) is 3. The first-order valence-electron chi connectivity index (χ1n) is 6.65. The number of rotatable bonds is 9. The molecule has 0 aliphatic heterocycles. The van der Waals surface area contributed by atoms with Gasteiger partial charge in [0.15, 0.2) is 0 Å². The number of anilines is 1. The Kier molecular flexibility index (Phi) is 6.27. The molecule has 0 aromatic carbocycles. The Hall–Kier alpha value is -1.63. The molecule has 0 atom stereocenters. The zero-order chi connectivity index (χ0) is 14.3. The molecule has 19 heavy (non-hydrogen) atoms. The van der Waals surface area contributed by atoms with Gasteiger partial charge < -0.3 is 10.1 Å². The van der Waals surface area contributed by atoms with Crippen LogP contribution in [0.25, 0.3) is 0 Å². The number of ether oxygens (including phenoxy) is 1. The van der Waals surface area contributed by atoms with Crippen LogP contribution in [-0.2, 0) is 11.3 Å². The van der Waals surface area contributed by atoms with Crippen LogP contribution in [0.4, 0.5) is 11.5 Å². The number of aromatic nitrogens is 2. The maximum atomic E-state index is 11.0. The number of unbranched alkanes of at least 4 members (excludes halogenated alkanes) is 1. The molecular weight excluding hydrogens is 248 g/mol. The van der Waals surface area contributed by atoms with E-state index in [2.05, 4.69) is 17.3 Å². The molecule has 0 radical (unpaired) electrons. The molecule has 7 nitrogen and oxygen atoms in total. The van der Waals surface area contributed by atoms with Crippen LogP contribution in [0, 0.1) is 17.0 Å². The van der Waals surface area contributed by atoms with Gasteiger partial charge in [-0.15, -0.1) is 0 Å². The minimum Gasteiger partial charge on any atom is -0.380 e. The van der Waals surface area contributed by atoms with Crippen molar-refractivity contribution < 1.29 is 9.66 Å². The first-order chi connectivity index (χ1) is 9.11. The molecule has 0 spiro atoms. The Morgan fingerprint density at radius 1 is 1.42 bits per heavy atom. The zero-order valence-corrected chi connectivity index (χ0v) is 11.8. The van der Waals surface area contributed by atoms with Gasteiger partial charge in [0, 0.05) is 19.7 Å². The van der Waals surface area contributed by atoms with Gasteiger partial charge >= 0.3 is 5.69 Å². The Balaban J connectivity index is 2.58. The summed E-state index contributed by atoms with van der Waals surface area (Å²) in [4.78, 5) is 10.6. The molecule has 108 valence electrons. The summed E-state index contributed by atoms with van der Waals surface area (Å²) < 4.78 is 7.03. The predicted octanol–water partition coefficient (Wildman–Crippen LogP) is 2.35. The smallest absolute Gasteiger partial charge is 0.333 e. The highest BCUT2D eigenvalue weighted by molar-refractivity contribution is 5.59. The topological polar surface area (TPSA) is 82.2 Å². The van der Waals surface area contributed by atoms with E-state index in [0.717, 1.165) is 19.4 Å².